The Morgan fingerprint density at radius 2 is 1.54 bits per heavy atom. The maximum absolute atomic E-state index is 4.80. The molecule has 0 N–H and O–H groups in total. The minimum absolute atomic E-state index is 0.685. The molecular weight excluding hydrogens is 448 g/mol. The maximum Gasteiger partial charge on any atom is 0.144 e. The van der Waals surface area contributed by atoms with E-state index in [0.29, 0.717) is 5.92 Å². The van der Waals surface area contributed by atoms with Crippen LogP contribution in [0.3, 0.4) is 0 Å². The van der Waals surface area contributed by atoms with Crippen LogP contribution in [0.25, 0.3) is 28.2 Å². The molecule has 0 aliphatic heterocycles. The second-order valence-corrected chi connectivity index (χ2v) is 11.2. The quantitative estimate of drug-likeness (QED) is 0.262. The van der Waals surface area contributed by atoms with E-state index >= 15 is 0 Å². The standard InChI is InChI=1S/C31H34N2.C4H10/c1-3-10-27-21-28(24-11-6-4-7-12-24)22-29(25-13-8-5-9-14-25)30(27)33-20-19-32-31(33)26-17-15-23(2)16-18-26;1-4(2)3/h5,8-9,13-22,24H,3-4,6-7,10-12H2,1-2H3;4H,1-3H3. The van der Waals surface area contributed by atoms with Crippen molar-refractivity contribution in [3.63, 3.8) is 0 Å². The van der Waals surface area contributed by atoms with Crippen LogP contribution in [-0.4, -0.2) is 9.55 Å². The van der Waals surface area contributed by atoms with Gasteiger partial charge in [0.15, 0.2) is 0 Å². The van der Waals surface area contributed by atoms with Crippen LogP contribution in [-0.2, 0) is 6.42 Å². The lowest BCUT2D eigenvalue weighted by Crippen LogP contribution is -2.09. The lowest BCUT2D eigenvalue weighted by molar-refractivity contribution is 0.443. The van der Waals surface area contributed by atoms with E-state index in [4.69, 9.17) is 4.98 Å². The Hall–Kier alpha value is -3.13. The predicted octanol–water partition coefficient (Wildman–Crippen LogP) is 10.2. The zero-order valence-corrected chi connectivity index (χ0v) is 23.5. The van der Waals surface area contributed by atoms with E-state index in [0.717, 1.165) is 30.1 Å². The highest BCUT2D eigenvalue weighted by Crippen LogP contribution is 2.40. The second-order valence-electron chi connectivity index (χ2n) is 11.2. The largest absolute Gasteiger partial charge is 0.299 e. The lowest BCUT2D eigenvalue weighted by Gasteiger charge is -2.26. The third-order valence-corrected chi connectivity index (χ3v) is 7.08. The number of rotatable bonds is 6. The molecule has 4 aromatic rings. The average molecular weight is 493 g/mol. The van der Waals surface area contributed by atoms with Crippen molar-refractivity contribution >= 4 is 0 Å². The van der Waals surface area contributed by atoms with Gasteiger partial charge in [-0.1, -0.05) is 120 Å². The minimum Gasteiger partial charge on any atom is -0.299 e. The molecule has 0 amide bonds. The van der Waals surface area contributed by atoms with Crippen molar-refractivity contribution in [2.45, 2.75) is 85.5 Å². The summed E-state index contributed by atoms with van der Waals surface area (Å²) in [7, 11) is 0. The van der Waals surface area contributed by atoms with Gasteiger partial charge in [0.05, 0.1) is 5.69 Å². The fourth-order valence-electron chi connectivity index (χ4n) is 5.37. The molecule has 194 valence electrons. The van der Waals surface area contributed by atoms with Crippen LogP contribution < -0.4 is 0 Å². The summed E-state index contributed by atoms with van der Waals surface area (Å²) in [5.74, 6) is 2.53. The third-order valence-electron chi connectivity index (χ3n) is 7.08. The highest BCUT2D eigenvalue weighted by Gasteiger charge is 2.22. The van der Waals surface area contributed by atoms with Crippen molar-refractivity contribution in [3.8, 4) is 28.2 Å². The third kappa shape index (κ3) is 6.80. The SMILES string of the molecule is CC(C)C.CCCc1cc(C2CCCCC2)cc(-c2ccccc2)c1-n1ccnc1-c1ccc(C)cc1. The number of imidazole rings is 1. The molecular formula is C35H44N2. The van der Waals surface area contributed by atoms with Crippen molar-refractivity contribution < 1.29 is 0 Å². The molecule has 0 bridgehead atoms. The van der Waals surface area contributed by atoms with Crippen LogP contribution >= 0.6 is 0 Å². The number of hydrogen-bond donors (Lipinski definition) is 0. The summed E-state index contributed by atoms with van der Waals surface area (Å²) in [6, 6.07) is 24.6. The van der Waals surface area contributed by atoms with E-state index in [1.165, 1.54) is 65.6 Å². The summed E-state index contributed by atoms with van der Waals surface area (Å²) in [5, 5.41) is 0. The Bertz CT molecular complexity index is 1240. The van der Waals surface area contributed by atoms with Crippen LogP contribution in [0, 0.1) is 12.8 Å². The summed E-state index contributed by atoms with van der Waals surface area (Å²) in [5.41, 5.74) is 9.28. The molecule has 2 heteroatoms. The molecule has 0 atom stereocenters. The van der Waals surface area contributed by atoms with Crippen LogP contribution in [0.15, 0.2) is 79.1 Å². The topological polar surface area (TPSA) is 17.8 Å². The van der Waals surface area contributed by atoms with Gasteiger partial charge in [0.1, 0.15) is 5.82 Å². The number of hydrogen-bond acceptors (Lipinski definition) is 1. The van der Waals surface area contributed by atoms with Gasteiger partial charge in [-0.25, -0.2) is 4.98 Å². The zero-order chi connectivity index (χ0) is 26.2. The van der Waals surface area contributed by atoms with Gasteiger partial charge in [-0.15, -0.1) is 0 Å². The first-order valence-corrected chi connectivity index (χ1v) is 14.3. The van der Waals surface area contributed by atoms with Gasteiger partial charge >= 0.3 is 0 Å². The molecule has 1 aliphatic carbocycles. The van der Waals surface area contributed by atoms with Gasteiger partial charge in [-0.2, -0.15) is 0 Å². The average Bonchev–Trinajstić information content (AvgIpc) is 3.39. The second kappa shape index (κ2) is 12.9. The van der Waals surface area contributed by atoms with Crippen molar-refractivity contribution in [1.29, 1.82) is 0 Å². The van der Waals surface area contributed by atoms with Crippen LogP contribution in [0.2, 0.25) is 0 Å². The van der Waals surface area contributed by atoms with Crippen molar-refractivity contribution in [2.75, 3.05) is 0 Å². The van der Waals surface area contributed by atoms with E-state index in [1.807, 2.05) is 6.20 Å². The Balaban J connectivity index is 0.000000747. The summed E-state index contributed by atoms with van der Waals surface area (Å²) in [6.07, 6.45) is 13.0. The number of aromatic nitrogens is 2. The van der Waals surface area contributed by atoms with Crippen LogP contribution in [0.4, 0.5) is 0 Å². The lowest BCUT2D eigenvalue weighted by atomic mass is 9.81. The fraction of sp³-hybridized carbons (Fsp3) is 0.400. The monoisotopic (exact) mass is 492 g/mol. The molecule has 1 aliphatic rings. The molecule has 5 rings (SSSR count). The Morgan fingerprint density at radius 1 is 0.865 bits per heavy atom. The molecule has 0 unspecified atom stereocenters. The molecule has 0 saturated heterocycles. The summed E-state index contributed by atoms with van der Waals surface area (Å²) >= 11 is 0. The summed E-state index contributed by atoms with van der Waals surface area (Å²) < 4.78 is 2.32. The van der Waals surface area contributed by atoms with Gasteiger partial charge in [0.25, 0.3) is 0 Å². The normalized spacial score (nSPS) is 13.9. The van der Waals surface area contributed by atoms with Gasteiger partial charge in [0, 0.05) is 23.5 Å². The molecule has 1 saturated carbocycles. The zero-order valence-electron chi connectivity index (χ0n) is 23.5. The molecule has 3 aromatic carbocycles. The summed E-state index contributed by atoms with van der Waals surface area (Å²) in [6.45, 7) is 10.9. The van der Waals surface area contributed by atoms with E-state index in [9.17, 15) is 0 Å². The first-order chi connectivity index (χ1) is 18.0. The van der Waals surface area contributed by atoms with Crippen molar-refractivity contribution in [3.05, 3.63) is 95.8 Å². The molecule has 2 nitrogen and oxygen atoms in total. The first-order valence-electron chi connectivity index (χ1n) is 14.3. The Labute approximate surface area is 224 Å². The molecule has 0 spiro atoms. The highest BCUT2D eigenvalue weighted by molar-refractivity contribution is 5.78. The number of aryl methyl sites for hydroxylation is 2. The highest BCUT2D eigenvalue weighted by atomic mass is 15.1. The van der Waals surface area contributed by atoms with Gasteiger partial charge < -0.3 is 0 Å². The van der Waals surface area contributed by atoms with E-state index in [2.05, 4.69) is 112 Å². The maximum atomic E-state index is 4.80. The van der Waals surface area contributed by atoms with Crippen LogP contribution in [0.1, 0.15) is 88.8 Å². The van der Waals surface area contributed by atoms with E-state index < -0.39 is 0 Å². The Kier molecular flexibility index (Phi) is 9.39. The fourth-order valence-corrected chi connectivity index (χ4v) is 5.37. The van der Waals surface area contributed by atoms with Gasteiger partial charge in [-0.05, 0) is 60.8 Å². The van der Waals surface area contributed by atoms with Crippen molar-refractivity contribution in [1.82, 2.24) is 9.55 Å². The van der Waals surface area contributed by atoms with E-state index in [-0.39, 0.29) is 0 Å². The number of nitrogens with zero attached hydrogens (tertiary/aromatic N) is 2. The van der Waals surface area contributed by atoms with Gasteiger partial charge in [0.2, 0.25) is 0 Å². The predicted molar refractivity (Wildman–Crippen MR) is 160 cm³/mol. The minimum atomic E-state index is 0.685. The van der Waals surface area contributed by atoms with Crippen molar-refractivity contribution in [2.24, 2.45) is 5.92 Å². The molecule has 1 fully saturated rings. The smallest absolute Gasteiger partial charge is 0.144 e. The van der Waals surface area contributed by atoms with Crippen LogP contribution in [0.5, 0.6) is 0 Å². The molecule has 0 radical (unpaired) electrons. The first kappa shape index (κ1) is 26.9. The molecule has 1 heterocycles. The molecule has 1 aromatic heterocycles. The van der Waals surface area contributed by atoms with E-state index in [1.54, 1.807) is 0 Å². The Morgan fingerprint density at radius 3 is 2.19 bits per heavy atom. The summed E-state index contributed by atoms with van der Waals surface area (Å²) in [4.78, 5) is 4.80. The number of benzene rings is 3. The molecule has 37 heavy (non-hydrogen) atoms. The van der Waals surface area contributed by atoms with Gasteiger partial charge in [-0.3, -0.25) is 4.57 Å².